The molecule has 4 heteroatoms. The number of benzene rings is 2. The average molecular weight is 386 g/mol. The third kappa shape index (κ3) is 4.11. The highest BCUT2D eigenvalue weighted by Crippen LogP contribution is 2.38. The molecule has 1 N–H and O–H groups in total. The van der Waals surface area contributed by atoms with Crippen molar-refractivity contribution in [2.24, 2.45) is 5.92 Å². The smallest absolute Gasteiger partial charge is 0.336 e. The Bertz CT molecular complexity index is 873. The van der Waals surface area contributed by atoms with Gasteiger partial charge in [-0.1, -0.05) is 51.7 Å². The number of carboxylic acid groups (broad SMARTS) is 1. The average Bonchev–Trinajstić information content (AvgIpc) is 3.08. The second kappa shape index (κ2) is 8.85. The van der Waals surface area contributed by atoms with E-state index in [1.807, 2.05) is 6.07 Å². The summed E-state index contributed by atoms with van der Waals surface area (Å²) >= 11 is 0. The van der Waals surface area contributed by atoms with Gasteiger partial charge < -0.3 is 5.11 Å². The summed E-state index contributed by atoms with van der Waals surface area (Å²) in [4.78, 5) is 11.8. The van der Waals surface area contributed by atoms with Crippen LogP contribution < -0.4 is 0 Å². The fourth-order valence-corrected chi connectivity index (χ4v) is 4.34. The number of hydrogen-bond acceptors (Lipinski definition) is 1. The highest BCUT2D eigenvalue weighted by molar-refractivity contribution is 5.96. The van der Waals surface area contributed by atoms with E-state index < -0.39 is 17.6 Å². The molecule has 3 rings (SSSR count). The molecular weight excluding hydrogens is 358 g/mol. The zero-order valence-electron chi connectivity index (χ0n) is 16.7. The van der Waals surface area contributed by atoms with Crippen molar-refractivity contribution >= 4 is 5.97 Å². The van der Waals surface area contributed by atoms with E-state index in [1.165, 1.54) is 0 Å². The summed E-state index contributed by atoms with van der Waals surface area (Å²) in [5, 5.41) is 9.67. The molecular formula is C24H28F2O2. The van der Waals surface area contributed by atoms with Crippen LogP contribution in [0.1, 0.15) is 73.0 Å². The van der Waals surface area contributed by atoms with Crippen LogP contribution in [0.2, 0.25) is 0 Å². The molecule has 0 aromatic heterocycles. The molecule has 0 saturated carbocycles. The summed E-state index contributed by atoms with van der Waals surface area (Å²) in [6.07, 6.45) is 7.22. The quantitative estimate of drug-likeness (QED) is 0.521. The summed E-state index contributed by atoms with van der Waals surface area (Å²) in [7, 11) is 0. The normalized spacial score (nSPS) is 15.6. The van der Waals surface area contributed by atoms with Crippen LogP contribution in [0.3, 0.4) is 0 Å². The van der Waals surface area contributed by atoms with E-state index in [-0.39, 0.29) is 16.7 Å². The third-order valence-corrected chi connectivity index (χ3v) is 5.77. The van der Waals surface area contributed by atoms with Gasteiger partial charge in [0.15, 0.2) is 11.6 Å². The van der Waals surface area contributed by atoms with E-state index >= 15 is 0 Å². The Morgan fingerprint density at radius 3 is 2.50 bits per heavy atom. The molecule has 1 aliphatic rings. The van der Waals surface area contributed by atoms with Crippen LogP contribution in [0.15, 0.2) is 24.3 Å². The lowest BCUT2D eigenvalue weighted by Crippen LogP contribution is -2.04. The summed E-state index contributed by atoms with van der Waals surface area (Å²) in [5.74, 6) is -2.52. The highest BCUT2D eigenvalue weighted by Gasteiger charge is 2.29. The fraction of sp³-hybridized carbons (Fsp3) is 0.458. The molecule has 1 atom stereocenters. The van der Waals surface area contributed by atoms with Crippen molar-refractivity contribution in [3.8, 4) is 11.1 Å². The van der Waals surface area contributed by atoms with Crippen molar-refractivity contribution in [1.29, 1.82) is 0 Å². The highest BCUT2D eigenvalue weighted by atomic mass is 19.2. The molecule has 0 bridgehead atoms. The monoisotopic (exact) mass is 386 g/mol. The molecule has 0 radical (unpaired) electrons. The maximum atomic E-state index is 14.9. The Balaban J connectivity index is 2.01. The minimum absolute atomic E-state index is 0.0374. The number of aryl methyl sites for hydroxylation is 1. The molecule has 0 amide bonds. The Kier molecular flexibility index (Phi) is 6.48. The van der Waals surface area contributed by atoms with Gasteiger partial charge in [-0.25, -0.2) is 13.6 Å². The number of hydrogen-bond donors (Lipinski definition) is 1. The molecule has 2 aromatic carbocycles. The Hall–Kier alpha value is -2.23. The van der Waals surface area contributed by atoms with Crippen molar-refractivity contribution in [2.45, 2.75) is 65.2 Å². The van der Waals surface area contributed by atoms with E-state index in [2.05, 4.69) is 13.8 Å². The van der Waals surface area contributed by atoms with Gasteiger partial charge >= 0.3 is 5.97 Å². The predicted octanol–water partition coefficient (Wildman–Crippen LogP) is 6.58. The zero-order chi connectivity index (χ0) is 20.3. The van der Waals surface area contributed by atoms with Crippen molar-refractivity contribution in [3.63, 3.8) is 0 Å². The molecule has 1 unspecified atom stereocenters. The second-order valence-corrected chi connectivity index (χ2v) is 7.89. The SMILES string of the molecule is CCCCCc1ccc(-c2cc3c(c(F)c2F)CC(CCC)C3)c(C(=O)O)c1. The summed E-state index contributed by atoms with van der Waals surface area (Å²) in [6.45, 7) is 4.20. The molecule has 28 heavy (non-hydrogen) atoms. The van der Waals surface area contributed by atoms with Gasteiger partial charge in [-0.15, -0.1) is 0 Å². The van der Waals surface area contributed by atoms with E-state index in [1.54, 1.807) is 18.2 Å². The van der Waals surface area contributed by atoms with E-state index in [4.69, 9.17) is 0 Å². The number of halogens is 2. The topological polar surface area (TPSA) is 37.3 Å². The Labute approximate surface area is 165 Å². The lowest BCUT2D eigenvalue weighted by Gasteiger charge is -2.13. The number of carbonyl (C=O) groups is 1. The molecule has 0 heterocycles. The first kappa shape index (κ1) is 20.5. The van der Waals surface area contributed by atoms with Crippen LogP contribution in [0.5, 0.6) is 0 Å². The largest absolute Gasteiger partial charge is 0.478 e. The number of carboxylic acids is 1. The Morgan fingerprint density at radius 2 is 1.82 bits per heavy atom. The summed E-state index contributed by atoms with van der Waals surface area (Å²) in [5.41, 5.74) is 2.55. The van der Waals surface area contributed by atoms with Gasteiger partial charge in [-0.05, 0) is 66.0 Å². The molecule has 2 nitrogen and oxygen atoms in total. The Morgan fingerprint density at radius 1 is 1.04 bits per heavy atom. The van der Waals surface area contributed by atoms with Crippen LogP contribution in [-0.4, -0.2) is 11.1 Å². The van der Waals surface area contributed by atoms with Gasteiger partial charge in [-0.2, -0.15) is 0 Å². The molecule has 0 aliphatic heterocycles. The van der Waals surface area contributed by atoms with Crippen LogP contribution in [-0.2, 0) is 19.3 Å². The van der Waals surface area contributed by atoms with Gasteiger partial charge in [0.25, 0.3) is 0 Å². The molecule has 0 fully saturated rings. The number of rotatable bonds is 8. The zero-order valence-corrected chi connectivity index (χ0v) is 16.7. The first-order valence-electron chi connectivity index (χ1n) is 10.3. The summed E-state index contributed by atoms with van der Waals surface area (Å²) in [6, 6.07) is 6.75. The van der Waals surface area contributed by atoms with Crippen molar-refractivity contribution in [2.75, 3.05) is 0 Å². The molecule has 1 aliphatic carbocycles. The lowest BCUT2D eigenvalue weighted by molar-refractivity contribution is 0.0697. The number of fused-ring (bicyclic) bond motifs is 1. The van der Waals surface area contributed by atoms with Gasteiger partial charge in [0.05, 0.1) is 5.56 Å². The van der Waals surface area contributed by atoms with E-state index in [9.17, 15) is 18.7 Å². The van der Waals surface area contributed by atoms with Gasteiger partial charge in [0.2, 0.25) is 0 Å². The van der Waals surface area contributed by atoms with Crippen LogP contribution >= 0.6 is 0 Å². The number of unbranched alkanes of at least 4 members (excludes halogenated alkanes) is 2. The first-order chi connectivity index (χ1) is 13.5. The predicted molar refractivity (Wildman–Crippen MR) is 108 cm³/mol. The standard InChI is InChI=1S/C24H28F2O2/c1-3-5-6-8-15-9-10-18(21(12-15)24(27)28)20-14-17-11-16(7-4-2)13-19(17)22(25)23(20)26/h9-10,12,14,16H,3-8,11,13H2,1-2H3,(H,27,28). The summed E-state index contributed by atoms with van der Waals surface area (Å²) < 4.78 is 29.6. The number of aromatic carboxylic acids is 1. The third-order valence-electron chi connectivity index (χ3n) is 5.77. The molecule has 0 spiro atoms. The van der Waals surface area contributed by atoms with Crippen molar-refractivity contribution < 1.29 is 18.7 Å². The maximum Gasteiger partial charge on any atom is 0.336 e. The van der Waals surface area contributed by atoms with Crippen LogP contribution in [0, 0.1) is 17.6 Å². The van der Waals surface area contributed by atoms with Gasteiger partial charge in [0, 0.05) is 5.56 Å². The maximum absolute atomic E-state index is 14.9. The van der Waals surface area contributed by atoms with Gasteiger partial charge in [0.1, 0.15) is 0 Å². The van der Waals surface area contributed by atoms with Crippen LogP contribution in [0.4, 0.5) is 8.78 Å². The van der Waals surface area contributed by atoms with Crippen molar-refractivity contribution in [3.05, 3.63) is 58.2 Å². The van der Waals surface area contributed by atoms with E-state index in [0.717, 1.165) is 56.1 Å². The minimum atomic E-state index is -1.11. The first-order valence-corrected chi connectivity index (χ1v) is 10.3. The van der Waals surface area contributed by atoms with Gasteiger partial charge in [-0.3, -0.25) is 0 Å². The molecule has 0 saturated heterocycles. The second-order valence-electron chi connectivity index (χ2n) is 7.89. The van der Waals surface area contributed by atoms with E-state index in [0.29, 0.717) is 17.9 Å². The molecule has 150 valence electrons. The van der Waals surface area contributed by atoms with Crippen LogP contribution in [0.25, 0.3) is 11.1 Å². The lowest BCUT2D eigenvalue weighted by atomic mass is 9.93. The molecule has 2 aromatic rings. The minimum Gasteiger partial charge on any atom is -0.478 e. The fourth-order valence-electron chi connectivity index (χ4n) is 4.34. The van der Waals surface area contributed by atoms with Crippen molar-refractivity contribution in [1.82, 2.24) is 0 Å².